The van der Waals surface area contributed by atoms with Crippen molar-refractivity contribution in [2.75, 3.05) is 5.73 Å². The number of nitrogen functional groups attached to an aromatic ring is 1. The van der Waals surface area contributed by atoms with Crippen LogP contribution in [0.1, 0.15) is 11.1 Å². The highest BCUT2D eigenvalue weighted by Crippen LogP contribution is 2.21. The summed E-state index contributed by atoms with van der Waals surface area (Å²) in [6.45, 7) is 2.76. The van der Waals surface area contributed by atoms with Crippen molar-refractivity contribution < 1.29 is 0 Å². The lowest BCUT2D eigenvalue weighted by Gasteiger charge is -2.07. The molecule has 0 saturated heterocycles. The largest absolute Gasteiger partial charge is 0.369 e. The Morgan fingerprint density at radius 2 is 1.89 bits per heavy atom. The zero-order valence-corrected chi connectivity index (χ0v) is 11.4. The van der Waals surface area contributed by atoms with Gasteiger partial charge in [0.15, 0.2) is 0 Å². The maximum Gasteiger partial charge on any atom is 0.201 e. The number of nitrogens with two attached hydrogens (primary N) is 1. The highest BCUT2D eigenvalue weighted by atomic mass is 35.5. The first kappa shape index (κ1) is 12.1. The number of benzene rings is 2. The fourth-order valence-electron chi connectivity index (χ4n) is 2.19. The van der Waals surface area contributed by atoms with Crippen molar-refractivity contribution >= 4 is 28.6 Å². The van der Waals surface area contributed by atoms with Gasteiger partial charge in [-0.15, -0.1) is 0 Å². The molecule has 4 heteroatoms. The van der Waals surface area contributed by atoms with Gasteiger partial charge in [0.25, 0.3) is 0 Å². The first-order valence-electron chi connectivity index (χ1n) is 6.10. The van der Waals surface area contributed by atoms with Crippen LogP contribution in [-0.2, 0) is 6.54 Å². The number of hydrogen-bond donors (Lipinski definition) is 1. The zero-order valence-electron chi connectivity index (χ0n) is 10.6. The van der Waals surface area contributed by atoms with E-state index in [2.05, 4.69) is 18.0 Å². The van der Waals surface area contributed by atoms with Crippen LogP contribution in [0.3, 0.4) is 0 Å². The van der Waals surface area contributed by atoms with E-state index < -0.39 is 0 Å². The number of hydrogen-bond acceptors (Lipinski definition) is 2. The highest BCUT2D eigenvalue weighted by Gasteiger charge is 2.08. The number of aromatic nitrogens is 2. The second kappa shape index (κ2) is 4.59. The summed E-state index contributed by atoms with van der Waals surface area (Å²) in [6.07, 6.45) is 0. The van der Waals surface area contributed by atoms with Crippen molar-refractivity contribution in [3.63, 3.8) is 0 Å². The molecule has 19 heavy (non-hydrogen) atoms. The Balaban J connectivity index is 2.06. The predicted octanol–water partition coefficient (Wildman–Crippen LogP) is 3.63. The minimum absolute atomic E-state index is 0.538. The molecule has 3 nitrogen and oxygen atoms in total. The van der Waals surface area contributed by atoms with Crippen LogP contribution in [0.15, 0.2) is 42.5 Å². The molecule has 2 aromatic carbocycles. The average molecular weight is 272 g/mol. The smallest absolute Gasteiger partial charge is 0.201 e. The lowest BCUT2D eigenvalue weighted by Crippen LogP contribution is -2.04. The van der Waals surface area contributed by atoms with Crippen LogP contribution >= 0.6 is 11.6 Å². The molecule has 0 aliphatic rings. The van der Waals surface area contributed by atoms with Gasteiger partial charge >= 0.3 is 0 Å². The number of imidazole rings is 1. The molecule has 0 bridgehead atoms. The Bertz CT molecular complexity index is 729. The third-order valence-corrected chi connectivity index (χ3v) is 3.44. The number of halogens is 1. The molecular formula is C15H14ClN3. The first-order chi connectivity index (χ1) is 9.13. The van der Waals surface area contributed by atoms with Gasteiger partial charge < -0.3 is 10.3 Å². The van der Waals surface area contributed by atoms with Gasteiger partial charge in [0, 0.05) is 5.02 Å². The maximum atomic E-state index is 6.01. The number of anilines is 1. The van der Waals surface area contributed by atoms with E-state index in [1.54, 1.807) is 0 Å². The second-order valence-electron chi connectivity index (χ2n) is 4.67. The number of fused-ring (bicyclic) bond motifs is 1. The fraction of sp³-hybridized carbons (Fsp3) is 0.133. The summed E-state index contributed by atoms with van der Waals surface area (Å²) in [5.74, 6) is 0.538. The Kier molecular flexibility index (Phi) is 2.91. The monoisotopic (exact) mass is 271 g/mol. The van der Waals surface area contributed by atoms with Gasteiger partial charge in [-0.1, -0.05) is 29.8 Å². The number of rotatable bonds is 2. The Labute approximate surface area is 116 Å². The normalized spacial score (nSPS) is 11.1. The molecule has 0 unspecified atom stereocenters. The summed E-state index contributed by atoms with van der Waals surface area (Å²) in [5, 5.41) is 0.739. The van der Waals surface area contributed by atoms with Gasteiger partial charge in [-0.2, -0.15) is 0 Å². The summed E-state index contributed by atoms with van der Waals surface area (Å²) < 4.78 is 2.02. The van der Waals surface area contributed by atoms with Crippen molar-refractivity contribution in [1.29, 1.82) is 0 Å². The Morgan fingerprint density at radius 1 is 1.16 bits per heavy atom. The fourth-order valence-corrected chi connectivity index (χ4v) is 2.32. The SMILES string of the molecule is Cc1ccc2nc(N)n(Cc3ccc(Cl)cc3)c2c1. The summed E-state index contributed by atoms with van der Waals surface area (Å²) in [5.41, 5.74) is 10.3. The third-order valence-electron chi connectivity index (χ3n) is 3.19. The van der Waals surface area contributed by atoms with Crippen molar-refractivity contribution in [3.05, 3.63) is 58.6 Å². The molecule has 96 valence electrons. The van der Waals surface area contributed by atoms with Gasteiger partial charge in [0.05, 0.1) is 17.6 Å². The summed E-state index contributed by atoms with van der Waals surface area (Å²) >= 11 is 5.90. The molecule has 0 aliphatic carbocycles. The molecule has 1 aromatic heterocycles. The molecule has 0 aliphatic heterocycles. The molecule has 0 amide bonds. The third kappa shape index (κ3) is 2.29. The van der Waals surface area contributed by atoms with Crippen LogP contribution in [-0.4, -0.2) is 9.55 Å². The molecule has 0 spiro atoms. The van der Waals surface area contributed by atoms with Gasteiger partial charge in [-0.3, -0.25) is 0 Å². The lowest BCUT2D eigenvalue weighted by atomic mass is 10.2. The van der Waals surface area contributed by atoms with Crippen molar-refractivity contribution in [3.8, 4) is 0 Å². The van der Waals surface area contributed by atoms with Gasteiger partial charge in [-0.05, 0) is 42.3 Å². The van der Waals surface area contributed by atoms with Crippen LogP contribution in [0.2, 0.25) is 5.02 Å². The van der Waals surface area contributed by atoms with Gasteiger partial charge in [0.1, 0.15) is 0 Å². The van der Waals surface area contributed by atoms with E-state index in [0.717, 1.165) is 21.6 Å². The molecule has 1 heterocycles. The standard InChI is InChI=1S/C15H14ClN3/c1-10-2-7-13-14(8-10)19(15(17)18-13)9-11-3-5-12(16)6-4-11/h2-8H,9H2,1H3,(H2,17,18). The van der Waals surface area contributed by atoms with E-state index in [0.29, 0.717) is 12.5 Å². The van der Waals surface area contributed by atoms with Crippen molar-refractivity contribution in [2.24, 2.45) is 0 Å². The number of aryl methyl sites for hydroxylation is 1. The molecule has 0 atom stereocenters. The van der Waals surface area contributed by atoms with Crippen LogP contribution in [0, 0.1) is 6.92 Å². The summed E-state index contributed by atoms with van der Waals surface area (Å²) in [7, 11) is 0. The first-order valence-corrected chi connectivity index (χ1v) is 6.48. The minimum Gasteiger partial charge on any atom is -0.369 e. The van der Waals surface area contributed by atoms with E-state index in [1.807, 2.05) is 41.0 Å². The van der Waals surface area contributed by atoms with Gasteiger partial charge in [0.2, 0.25) is 5.95 Å². The molecule has 0 radical (unpaired) electrons. The maximum absolute atomic E-state index is 6.01. The summed E-state index contributed by atoms with van der Waals surface area (Å²) in [6, 6.07) is 13.9. The van der Waals surface area contributed by atoms with E-state index in [9.17, 15) is 0 Å². The summed E-state index contributed by atoms with van der Waals surface area (Å²) in [4.78, 5) is 4.38. The topological polar surface area (TPSA) is 43.8 Å². The highest BCUT2D eigenvalue weighted by molar-refractivity contribution is 6.30. The van der Waals surface area contributed by atoms with E-state index >= 15 is 0 Å². The Hall–Kier alpha value is -2.00. The van der Waals surface area contributed by atoms with E-state index in [4.69, 9.17) is 17.3 Å². The second-order valence-corrected chi connectivity index (χ2v) is 5.11. The van der Waals surface area contributed by atoms with Crippen LogP contribution in [0.5, 0.6) is 0 Å². The lowest BCUT2D eigenvalue weighted by molar-refractivity contribution is 0.838. The zero-order chi connectivity index (χ0) is 13.4. The molecule has 3 rings (SSSR count). The minimum atomic E-state index is 0.538. The van der Waals surface area contributed by atoms with Gasteiger partial charge in [-0.25, -0.2) is 4.98 Å². The number of nitrogens with zero attached hydrogens (tertiary/aromatic N) is 2. The van der Waals surface area contributed by atoms with Crippen LogP contribution in [0.4, 0.5) is 5.95 Å². The molecule has 0 fully saturated rings. The molecular weight excluding hydrogens is 258 g/mol. The molecule has 2 N–H and O–H groups in total. The molecule has 3 aromatic rings. The average Bonchev–Trinajstić information content (AvgIpc) is 2.69. The van der Waals surface area contributed by atoms with E-state index in [-0.39, 0.29) is 0 Å². The van der Waals surface area contributed by atoms with Crippen molar-refractivity contribution in [2.45, 2.75) is 13.5 Å². The van der Waals surface area contributed by atoms with Crippen LogP contribution < -0.4 is 5.73 Å². The van der Waals surface area contributed by atoms with E-state index in [1.165, 1.54) is 5.56 Å². The Morgan fingerprint density at radius 3 is 2.63 bits per heavy atom. The quantitative estimate of drug-likeness (QED) is 0.773. The van der Waals surface area contributed by atoms with Crippen LogP contribution in [0.25, 0.3) is 11.0 Å². The molecule has 0 saturated carbocycles. The van der Waals surface area contributed by atoms with Crippen molar-refractivity contribution in [1.82, 2.24) is 9.55 Å². The predicted molar refractivity (Wildman–Crippen MR) is 79.4 cm³/mol.